The number of halogens is 2. The summed E-state index contributed by atoms with van der Waals surface area (Å²) >= 11 is 0. The van der Waals surface area contributed by atoms with E-state index in [2.05, 4.69) is 29.2 Å². The Balaban J connectivity index is 0.00000544. The van der Waals surface area contributed by atoms with Gasteiger partial charge in [-0.25, -0.2) is 0 Å². The molecule has 0 aromatic heterocycles. The molecule has 9 heteroatoms. The molecule has 0 aliphatic carbocycles. The third-order valence-corrected chi connectivity index (χ3v) is 4.94. The monoisotopic (exact) mass is 514 g/mol. The van der Waals surface area contributed by atoms with Gasteiger partial charge in [-0.1, -0.05) is 30.3 Å². The number of para-hydroxylation sites is 1. The van der Waals surface area contributed by atoms with E-state index in [-0.39, 0.29) is 44.3 Å². The second-order valence-corrected chi connectivity index (χ2v) is 8.25. The van der Waals surface area contributed by atoms with Gasteiger partial charge in [0.2, 0.25) is 0 Å². The quantitative estimate of drug-likeness (QED) is 0.403. The fourth-order valence-corrected chi connectivity index (χ4v) is 3.26. The molecule has 190 valence electrons. The maximum Gasteiger partial charge on any atom is 0.306 e. The van der Waals surface area contributed by atoms with Crippen molar-refractivity contribution in [3.8, 4) is 5.75 Å². The lowest BCUT2D eigenvalue weighted by Crippen LogP contribution is -2.35. The Morgan fingerprint density at radius 2 is 1.56 bits per heavy atom. The molecule has 0 saturated carbocycles. The summed E-state index contributed by atoms with van der Waals surface area (Å²) in [6.45, 7) is 0.685. The van der Waals surface area contributed by atoms with Gasteiger partial charge < -0.3 is 24.4 Å². The van der Waals surface area contributed by atoms with Gasteiger partial charge in [0.05, 0.1) is 12.8 Å². The summed E-state index contributed by atoms with van der Waals surface area (Å²) < 4.78 is 11.5. The molecule has 1 atom stereocenters. The van der Waals surface area contributed by atoms with Crippen molar-refractivity contribution in [2.75, 3.05) is 46.2 Å². The number of anilines is 1. The standard InChI is InChI=1S/C25H34N2O5.2ClH/c1-26(2)17-22(32-25(30)16-15-24(28)29)18-31-23-8-6-5-7-20(23)12-9-19-10-13-21(14-11-19)27(3)4;;/h5-8,10-11,13-14,22H,9,12,15-18H2,1-4H3,(H,28,29);2*1H. The van der Waals surface area contributed by atoms with E-state index >= 15 is 0 Å². The van der Waals surface area contributed by atoms with E-state index in [4.69, 9.17) is 14.6 Å². The van der Waals surface area contributed by atoms with Gasteiger partial charge in [-0.15, -0.1) is 24.8 Å². The van der Waals surface area contributed by atoms with Gasteiger partial charge >= 0.3 is 11.9 Å². The normalized spacial score (nSPS) is 11.1. The number of ether oxygens (including phenoxy) is 2. The number of carbonyl (C=O) groups excluding carboxylic acids is 1. The lowest BCUT2D eigenvalue weighted by molar-refractivity contribution is -0.153. The lowest BCUT2D eigenvalue weighted by Gasteiger charge is -2.22. The number of hydrogen-bond acceptors (Lipinski definition) is 6. The molecule has 1 unspecified atom stereocenters. The highest BCUT2D eigenvalue weighted by Crippen LogP contribution is 2.21. The molecule has 34 heavy (non-hydrogen) atoms. The van der Waals surface area contributed by atoms with Crippen LogP contribution in [-0.4, -0.2) is 69.4 Å². The molecular weight excluding hydrogens is 479 g/mol. The summed E-state index contributed by atoms with van der Waals surface area (Å²) in [5, 5.41) is 8.75. The van der Waals surface area contributed by atoms with Crippen molar-refractivity contribution in [1.82, 2.24) is 4.90 Å². The minimum Gasteiger partial charge on any atom is -0.489 e. The van der Waals surface area contributed by atoms with Crippen LogP contribution in [0.3, 0.4) is 0 Å². The summed E-state index contributed by atoms with van der Waals surface area (Å²) in [5.41, 5.74) is 3.51. The fraction of sp³-hybridized carbons (Fsp3) is 0.440. The maximum absolute atomic E-state index is 12.0. The maximum atomic E-state index is 12.0. The number of hydrogen-bond donors (Lipinski definition) is 1. The van der Waals surface area contributed by atoms with Crippen LogP contribution in [0.15, 0.2) is 48.5 Å². The molecule has 0 radical (unpaired) electrons. The van der Waals surface area contributed by atoms with E-state index in [0.29, 0.717) is 6.54 Å². The summed E-state index contributed by atoms with van der Waals surface area (Å²) in [6, 6.07) is 16.4. The smallest absolute Gasteiger partial charge is 0.306 e. The van der Waals surface area contributed by atoms with Crippen molar-refractivity contribution >= 4 is 42.4 Å². The molecule has 0 amide bonds. The highest BCUT2D eigenvalue weighted by molar-refractivity contribution is 5.85. The van der Waals surface area contributed by atoms with Crippen molar-refractivity contribution in [3.05, 3.63) is 59.7 Å². The van der Waals surface area contributed by atoms with Crippen LogP contribution < -0.4 is 9.64 Å². The zero-order valence-corrected chi connectivity index (χ0v) is 21.9. The lowest BCUT2D eigenvalue weighted by atomic mass is 10.0. The van der Waals surface area contributed by atoms with Crippen LogP contribution in [0.5, 0.6) is 5.75 Å². The largest absolute Gasteiger partial charge is 0.489 e. The Labute approximate surface area is 214 Å². The number of carboxylic acids is 1. The number of benzene rings is 2. The van der Waals surface area contributed by atoms with E-state index in [0.717, 1.165) is 24.2 Å². The van der Waals surface area contributed by atoms with E-state index in [1.165, 1.54) is 11.3 Å². The summed E-state index contributed by atoms with van der Waals surface area (Å²) in [5.74, 6) is -0.785. The summed E-state index contributed by atoms with van der Waals surface area (Å²) in [7, 11) is 7.81. The molecule has 0 fully saturated rings. The van der Waals surface area contributed by atoms with Gasteiger partial charge in [0, 0.05) is 26.3 Å². The van der Waals surface area contributed by atoms with Crippen molar-refractivity contribution in [2.24, 2.45) is 0 Å². The molecular formula is C25H36Cl2N2O5. The third-order valence-electron chi connectivity index (χ3n) is 4.94. The molecule has 0 heterocycles. The predicted molar refractivity (Wildman–Crippen MR) is 140 cm³/mol. The fourth-order valence-electron chi connectivity index (χ4n) is 3.26. The summed E-state index contributed by atoms with van der Waals surface area (Å²) in [4.78, 5) is 26.6. The molecule has 0 bridgehead atoms. The predicted octanol–water partition coefficient (Wildman–Crippen LogP) is 4.10. The summed E-state index contributed by atoms with van der Waals surface area (Å²) in [6.07, 6.45) is 0.834. The topological polar surface area (TPSA) is 79.3 Å². The van der Waals surface area contributed by atoms with Crippen molar-refractivity contribution in [1.29, 1.82) is 0 Å². The van der Waals surface area contributed by atoms with E-state index in [1.807, 2.05) is 57.4 Å². The van der Waals surface area contributed by atoms with Gasteiger partial charge in [0.1, 0.15) is 18.5 Å². The zero-order valence-electron chi connectivity index (χ0n) is 20.2. The Bertz CT molecular complexity index is 876. The van der Waals surface area contributed by atoms with E-state index in [1.54, 1.807) is 0 Å². The first kappa shape index (κ1) is 31.5. The molecule has 1 N–H and O–H groups in total. The van der Waals surface area contributed by atoms with Gasteiger partial charge in [0.25, 0.3) is 0 Å². The first-order valence-corrected chi connectivity index (χ1v) is 10.8. The third kappa shape index (κ3) is 11.6. The second kappa shape index (κ2) is 16.2. The van der Waals surface area contributed by atoms with Crippen LogP contribution in [0.4, 0.5) is 5.69 Å². The number of aryl methyl sites for hydroxylation is 2. The van der Waals surface area contributed by atoms with Crippen molar-refractivity contribution < 1.29 is 24.2 Å². The average molecular weight is 515 g/mol. The number of esters is 1. The molecule has 2 rings (SSSR count). The minimum absolute atomic E-state index is 0. The van der Waals surface area contributed by atoms with Gasteiger partial charge in [0.15, 0.2) is 0 Å². The minimum atomic E-state index is -1.02. The molecule has 0 aliphatic rings. The van der Waals surface area contributed by atoms with E-state index in [9.17, 15) is 9.59 Å². The van der Waals surface area contributed by atoms with Crippen LogP contribution in [-0.2, 0) is 27.2 Å². The van der Waals surface area contributed by atoms with E-state index < -0.39 is 18.0 Å². The van der Waals surface area contributed by atoms with Crippen LogP contribution >= 0.6 is 24.8 Å². The van der Waals surface area contributed by atoms with Crippen molar-refractivity contribution in [3.63, 3.8) is 0 Å². The van der Waals surface area contributed by atoms with Crippen LogP contribution in [0.2, 0.25) is 0 Å². The number of rotatable bonds is 13. The molecule has 0 spiro atoms. The van der Waals surface area contributed by atoms with Crippen molar-refractivity contribution in [2.45, 2.75) is 31.8 Å². The second-order valence-electron chi connectivity index (χ2n) is 8.25. The van der Waals surface area contributed by atoms with Gasteiger partial charge in [-0.2, -0.15) is 0 Å². The molecule has 2 aromatic rings. The van der Waals surface area contributed by atoms with Gasteiger partial charge in [-0.3, -0.25) is 9.59 Å². The zero-order chi connectivity index (χ0) is 23.5. The van der Waals surface area contributed by atoms with Gasteiger partial charge in [-0.05, 0) is 56.3 Å². The first-order chi connectivity index (χ1) is 15.2. The first-order valence-electron chi connectivity index (χ1n) is 10.8. The number of nitrogens with zero attached hydrogens (tertiary/aromatic N) is 2. The molecule has 0 aliphatic heterocycles. The Hall–Kier alpha value is -2.48. The SMILES string of the molecule is CN(C)CC(COc1ccccc1CCc1ccc(N(C)C)cc1)OC(=O)CCC(=O)O.Cl.Cl. The van der Waals surface area contributed by atoms with Crippen LogP contribution in [0.25, 0.3) is 0 Å². The Morgan fingerprint density at radius 1 is 0.912 bits per heavy atom. The Morgan fingerprint density at radius 3 is 2.15 bits per heavy atom. The number of likely N-dealkylation sites (N-methyl/N-ethyl adjacent to an activating group) is 1. The molecule has 7 nitrogen and oxygen atoms in total. The number of carboxylic acid groups (broad SMARTS) is 1. The van der Waals surface area contributed by atoms with Crippen LogP contribution in [0, 0.1) is 0 Å². The highest BCUT2D eigenvalue weighted by Gasteiger charge is 2.18. The molecule has 2 aromatic carbocycles. The highest BCUT2D eigenvalue weighted by atomic mass is 35.5. The molecule has 0 saturated heterocycles. The Kier molecular flexibility index (Phi) is 15.0. The van der Waals surface area contributed by atoms with Crippen LogP contribution in [0.1, 0.15) is 24.0 Å². The number of aliphatic carboxylic acids is 1. The number of carbonyl (C=O) groups is 2. The average Bonchev–Trinajstić information content (AvgIpc) is 2.75.